The lowest BCUT2D eigenvalue weighted by Gasteiger charge is -2.21. The molecule has 0 spiro atoms. The first kappa shape index (κ1) is 12.9. The molecular weight excluding hydrogens is 254 g/mol. The number of nitrogens with one attached hydrogen (secondary N) is 1. The molecule has 96 valence electrons. The minimum Gasteiger partial charge on any atom is -0.460 e. The number of esters is 1. The van der Waals surface area contributed by atoms with Gasteiger partial charge in [0.1, 0.15) is 6.61 Å². The summed E-state index contributed by atoms with van der Waals surface area (Å²) in [5, 5.41) is 11.2. The van der Waals surface area contributed by atoms with E-state index in [2.05, 4.69) is 5.32 Å². The Morgan fingerprint density at radius 1 is 1.56 bits per heavy atom. The topological polar surface area (TPSA) is 75.6 Å². The van der Waals surface area contributed by atoms with E-state index in [0.29, 0.717) is 11.3 Å². The molecule has 0 saturated heterocycles. The molecule has 0 radical (unpaired) electrons. The number of fused-ring (bicyclic) bond motifs is 1. The standard InChI is InChI=1S/C12H13NO4S/c1-7-11(15)13-9-6-8(2-3-10(9)18-7)12(16)17-5-4-14/h2-3,6-7,14H,4-5H2,1H3,(H,13,15). The lowest BCUT2D eigenvalue weighted by molar-refractivity contribution is -0.115. The van der Waals surface area contributed by atoms with Crippen molar-refractivity contribution >= 4 is 29.3 Å². The number of carbonyl (C=O) groups excluding carboxylic acids is 2. The van der Waals surface area contributed by atoms with E-state index in [-0.39, 0.29) is 24.4 Å². The molecule has 1 heterocycles. The third-order valence-corrected chi connectivity index (χ3v) is 3.65. The Kier molecular flexibility index (Phi) is 3.88. The third-order valence-electron chi connectivity index (χ3n) is 2.47. The smallest absolute Gasteiger partial charge is 0.338 e. The van der Waals surface area contributed by atoms with E-state index in [1.807, 2.05) is 6.92 Å². The summed E-state index contributed by atoms with van der Waals surface area (Å²) in [6, 6.07) is 5.02. The molecule has 0 saturated carbocycles. The number of amides is 1. The van der Waals surface area contributed by atoms with Gasteiger partial charge in [0.15, 0.2) is 0 Å². The normalized spacial score (nSPS) is 17.9. The van der Waals surface area contributed by atoms with Gasteiger partial charge in [-0.3, -0.25) is 4.79 Å². The lowest BCUT2D eigenvalue weighted by atomic mass is 10.2. The maximum absolute atomic E-state index is 11.6. The molecule has 0 aliphatic carbocycles. The van der Waals surface area contributed by atoms with Crippen molar-refractivity contribution in [2.45, 2.75) is 17.1 Å². The second kappa shape index (κ2) is 5.41. The minimum atomic E-state index is -0.510. The Bertz CT molecular complexity index is 489. The van der Waals surface area contributed by atoms with Crippen molar-refractivity contribution in [3.05, 3.63) is 23.8 Å². The maximum atomic E-state index is 11.6. The van der Waals surface area contributed by atoms with Gasteiger partial charge in [-0.2, -0.15) is 0 Å². The first-order valence-electron chi connectivity index (χ1n) is 5.51. The van der Waals surface area contributed by atoms with Crippen molar-refractivity contribution in [1.29, 1.82) is 0 Å². The number of ether oxygens (including phenoxy) is 1. The first-order chi connectivity index (χ1) is 8.61. The molecule has 5 nitrogen and oxygen atoms in total. The highest BCUT2D eigenvalue weighted by Gasteiger charge is 2.23. The molecule has 2 N–H and O–H groups in total. The fourth-order valence-electron chi connectivity index (χ4n) is 1.56. The molecule has 1 aliphatic heterocycles. The highest BCUT2D eigenvalue weighted by Crippen LogP contribution is 2.35. The van der Waals surface area contributed by atoms with Gasteiger partial charge in [-0.25, -0.2) is 4.79 Å². The average molecular weight is 267 g/mol. The number of carbonyl (C=O) groups is 2. The van der Waals surface area contributed by atoms with Crippen LogP contribution in [-0.4, -0.2) is 35.4 Å². The molecule has 1 aromatic rings. The van der Waals surface area contributed by atoms with Crippen LogP contribution in [0.4, 0.5) is 5.69 Å². The monoisotopic (exact) mass is 267 g/mol. The van der Waals surface area contributed by atoms with Crippen LogP contribution in [0.15, 0.2) is 23.1 Å². The minimum absolute atomic E-state index is 0.0337. The highest BCUT2D eigenvalue weighted by atomic mass is 32.2. The lowest BCUT2D eigenvalue weighted by Crippen LogP contribution is -2.26. The molecule has 2 rings (SSSR count). The van der Waals surface area contributed by atoms with Crippen LogP contribution >= 0.6 is 11.8 Å². The Hall–Kier alpha value is -1.53. The van der Waals surface area contributed by atoms with Gasteiger partial charge in [0.05, 0.1) is 23.1 Å². The van der Waals surface area contributed by atoms with Crippen molar-refractivity contribution in [3.63, 3.8) is 0 Å². The quantitative estimate of drug-likeness (QED) is 0.807. The van der Waals surface area contributed by atoms with Gasteiger partial charge in [0.25, 0.3) is 0 Å². The number of hydrogen-bond donors (Lipinski definition) is 2. The number of rotatable bonds is 3. The van der Waals surface area contributed by atoms with E-state index in [0.717, 1.165) is 4.90 Å². The van der Waals surface area contributed by atoms with E-state index in [1.54, 1.807) is 18.2 Å². The third kappa shape index (κ3) is 2.65. The van der Waals surface area contributed by atoms with E-state index in [4.69, 9.17) is 9.84 Å². The van der Waals surface area contributed by atoms with Gasteiger partial charge >= 0.3 is 5.97 Å². The van der Waals surface area contributed by atoms with E-state index in [1.165, 1.54) is 11.8 Å². The summed E-state index contributed by atoms with van der Waals surface area (Å²) in [4.78, 5) is 24.0. The van der Waals surface area contributed by atoms with Crippen LogP contribution in [-0.2, 0) is 9.53 Å². The Balaban J connectivity index is 2.19. The Labute approximate surface area is 109 Å². The highest BCUT2D eigenvalue weighted by molar-refractivity contribution is 8.00. The fourth-order valence-corrected chi connectivity index (χ4v) is 2.49. The van der Waals surface area contributed by atoms with Crippen molar-refractivity contribution < 1.29 is 19.4 Å². The van der Waals surface area contributed by atoms with Crippen LogP contribution in [0.2, 0.25) is 0 Å². The number of aliphatic hydroxyl groups excluding tert-OH is 1. The number of anilines is 1. The molecule has 1 unspecified atom stereocenters. The van der Waals surface area contributed by atoms with Crippen molar-refractivity contribution in [2.24, 2.45) is 0 Å². The second-order valence-corrected chi connectivity index (χ2v) is 5.20. The van der Waals surface area contributed by atoms with Gasteiger partial charge in [0.2, 0.25) is 5.91 Å². The number of thioether (sulfide) groups is 1. The summed E-state index contributed by atoms with van der Waals surface area (Å²) < 4.78 is 4.81. The molecule has 1 aromatic carbocycles. The summed E-state index contributed by atoms with van der Waals surface area (Å²) in [5.74, 6) is -0.585. The zero-order valence-corrected chi connectivity index (χ0v) is 10.6. The molecule has 0 aromatic heterocycles. The number of hydrogen-bond acceptors (Lipinski definition) is 5. The SMILES string of the molecule is CC1Sc2ccc(C(=O)OCCO)cc2NC1=O. The van der Waals surface area contributed by atoms with Gasteiger partial charge in [0, 0.05) is 4.90 Å². The molecule has 6 heteroatoms. The summed E-state index contributed by atoms with van der Waals surface area (Å²) in [5.41, 5.74) is 0.985. The summed E-state index contributed by atoms with van der Waals surface area (Å²) >= 11 is 1.45. The van der Waals surface area contributed by atoms with Crippen molar-refractivity contribution in [2.75, 3.05) is 18.5 Å². The second-order valence-electron chi connectivity index (χ2n) is 3.82. The van der Waals surface area contributed by atoms with E-state index >= 15 is 0 Å². The van der Waals surface area contributed by atoms with Gasteiger partial charge in [-0.1, -0.05) is 0 Å². The van der Waals surface area contributed by atoms with Gasteiger partial charge in [-0.05, 0) is 25.1 Å². The molecule has 1 amide bonds. The predicted octanol–water partition coefficient (Wildman–Crippen LogP) is 1.27. The predicted molar refractivity (Wildman–Crippen MR) is 67.8 cm³/mol. The molecule has 18 heavy (non-hydrogen) atoms. The Morgan fingerprint density at radius 2 is 2.33 bits per heavy atom. The van der Waals surface area contributed by atoms with Crippen molar-refractivity contribution in [3.8, 4) is 0 Å². The van der Waals surface area contributed by atoms with E-state index in [9.17, 15) is 9.59 Å². The zero-order valence-electron chi connectivity index (χ0n) is 9.80. The number of aliphatic hydroxyl groups is 1. The van der Waals surface area contributed by atoms with Gasteiger partial charge in [-0.15, -0.1) is 11.8 Å². The maximum Gasteiger partial charge on any atom is 0.338 e. The molecule has 1 aliphatic rings. The van der Waals surface area contributed by atoms with Crippen LogP contribution in [0, 0.1) is 0 Å². The van der Waals surface area contributed by atoms with Crippen LogP contribution < -0.4 is 5.32 Å². The number of benzene rings is 1. The zero-order chi connectivity index (χ0) is 13.1. The van der Waals surface area contributed by atoms with Crippen LogP contribution in [0.5, 0.6) is 0 Å². The molecule has 0 fully saturated rings. The average Bonchev–Trinajstić information content (AvgIpc) is 2.36. The van der Waals surface area contributed by atoms with Gasteiger partial charge < -0.3 is 15.2 Å². The van der Waals surface area contributed by atoms with Crippen LogP contribution in [0.1, 0.15) is 17.3 Å². The Morgan fingerprint density at radius 3 is 3.06 bits per heavy atom. The molecule has 1 atom stereocenters. The first-order valence-corrected chi connectivity index (χ1v) is 6.39. The van der Waals surface area contributed by atoms with Crippen LogP contribution in [0.3, 0.4) is 0 Å². The van der Waals surface area contributed by atoms with Crippen molar-refractivity contribution in [1.82, 2.24) is 0 Å². The summed E-state index contributed by atoms with van der Waals surface area (Å²) in [6.07, 6.45) is 0. The summed E-state index contributed by atoms with van der Waals surface area (Å²) in [6.45, 7) is 1.58. The van der Waals surface area contributed by atoms with Crippen LogP contribution in [0.25, 0.3) is 0 Å². The molecule has 0 bridgehead atoms. The van der Waals surface area contributed by atoms with E-state index < -0.39 is 5.97 Å². The largest absolute Gasteiger partial charge is 0.460 e. The molecular formula is C12H13NO4S. The summed E-state index contributed by atoms with van der Waals surface area (Å²) in [7, 11) is 0. The fraction of sp³-hybridized carbons (Fsp3) is 0.333.